The van der Waals surface area contributed by atoms with Crippen molar-refractivity contribution in [1.29, 1.82) is 5.26 Å². The van der Waals surface area contributed by atoms with Crippen molar-refractivity contribution in [2.24, 2.45) is 0 Å². The summed E-state index contributed by atoms with van der Waals surface area (Å²) in [4.78, 5) is 2.45. The minimum absolute atomic E-state index is 0.0777. The zero-order chi connectivity index (χ0) is 16.9. The lowest BCUT2D eigenvalue weighted by Gasteiger charge is -2.40. The normalized spacial score (nSPS) is 18.6. The molecule has 126 valence electrons. The Kier molecular flexibility index (Phi) is 5.95. The molecule has 1 aromatic rings. The van der Waals surface area contributed by atoms with Gasteiger partial charge in [0, 0.05) is 30.1 Å². The molecule has 0 unspecified atom stereocenters. The van der Waals surface area contributed by atoms with Crippen molar-refractivity contribution < 1.29 is 13.2 Å². The summed E-state index contributed by atoms with van der Waals surface area (Å²) in [6, 6.07) is 8.84. The Balaban J connectivity index is 1.94. The first-order valence-corrected chi connectivity index (χ1v) is 8.30. The van der Waals surface area contributed by atoms with Crippen molar-refractivity contribution in [3.05, 3.63) is 29.8 Å². The molecule has 1 N–H and O–H groups in total. The fraction of sp³-hybridized carbons (Fsp3) is 0.562. The van der Waals surface area contributed by atoms with Gasteiger partial charge in [-0.3, -0.25) is 4.90 Å². The highest BCUT2D eigenvalue weighted by atomic mass is 32.2. The Bertz CT molecular complexity index is 560. The molecular formula is C16H20F3N3S. The summed E-state index contributed by atoms with van der Waals surface area (Å²) in [6.45, 7) is 2.30. The predicted molar refractivity (Wildman–Crippen MR) is 84.9 cm³/mol. The molecule has 0 radical (unpaired) electrons. The first-order chi connectivity index (χ1) is 10.9. The fourth-order valence-corrected chi connectivity index (χ4v) is 3.53. The second kappa shape index (κ2) is 7.56. The van der Waals surface area contributed by atoms with E-state index in [1.54, 1.807) is 12.1 Å². The predicted octanol–water partition coefficient (Wildman–Crippen LogP) is 3.77. The Hall–Kier alpha value is -1.23. The molecule has 1 aliphatic heterocycles. The van der Waals surface area contributed by atoms with Gasteiger partial charge in [-0.1, -0.05) is 12.1 Å². The highest BCUT2D eigenvalue weighted by Gasteiger charge is 2.33. The first-order valence-electron chi connectivity index (χ1n) is 7.49. The second-order valence-electron chi connectivity index (χ2n) is 5.84. The molecule has 0 atom stereocenters. The van der Waals surface area contributed by atoms with Crippen molar-refractivity contribution in [3.8, 4) is 6.07 Å². The Labute approximate surface area is 138 Å². The van der Waals surface area contributed by atoms with Crippen molar-refractivity contribution >= 4 is 11.8 Å². The molecule has 2 rings (SSSR count). The Morgan fingerprint density at radius 2 is 2.04 bits per heavy atom. The Morgan fingerprint density at radius 1 is 1.35 bits per heavy atom. The van der Waals surface area contributed by atoms with E-state index in [9.17, 15) is 13.2 Å². The Morgan fingerprint density at radius 3 is 2.61 bits per heavy atom. The number of nitrogens with zero attached hydrogens (tertiary/aromatic N) is 2. The van der Waals surface area contributed by atoms with Crippen LogP contribution in [-0.4, -0.2) is 36.1 Å². The summed E-state index contributed by atoms with van der Waals surface area (Å²) < 4.78 is 37.3. The van der Waals surface area contributed by atoms with Crippen molar-refractivity contribution in [3.63, 3.8) is 0 Å². The number of nitrogens with one attached hydrogen (secondary N) is 1. The lowest BCUT2D eigenvalue weighted by Crippen LogP contribution is -2.51. The molecule has 1 fully saturated rings. The third-order valence-corrected chi connectivity index (χ3v) is 5.02. The van der Waals surface area contributed by atoms with Crippen LogP contribution in [0.3, 0.4) is 0 Å². The molecule has 0 amide bonds. The van der Waals surface area contributed by atoms with Crippen LogP contribution >= 0.6 is 11.8 Å². The van der Waals surface area contributed by atoms with Crippen LogP contribution in [0.15, 0.2) is 29.2 Å². The summed E-state index contributed by atoms with van der Waals surface area (Å²) in [5, 5.41) is 12.2. The van der Waals surface area contributed by atoms with Gasteiger partial charge < -0.3 is 5.32 Å². The molecule has 0 aliphatic carbocycles. The van der Waals surface area contributed by atoms with E-state index in [1.165, 1.54) is 6.07 Å². The summed E-state index contributed by atoms with van der Waals surface area (Å²) in [5.41, 5.74) is -3.50. The maximum absolute atomic E-state index is 12.4. The number of hydrogen-bond acceptors (Lipinski definition) is 4. The first kappa shape index (κ1) is 18.1. The molecule has 0 aromatic heterocycles. The van der Waals surface area contributed by atoms with E-state index in [4.69, 9.17) is 5.26 Å². The largest absolute Gasteiger partial charge is 0.446 e. The third kappa shape index (κ3) is 5.41. The van der Waals surface area contributed by atoms with Crippen LogP contribution in [0.5, 0.6) is 0 Å². The summed E-state index contributed by atoms with van der Waals surface area (Å²) in [5.74, 6) is 0. The van der Waals surface area contributed by atoms with Crippen molar-refractivity contribution in [2.45, 2.75) is 41.7 Å². The number of hydrogen-bond donors (Lipinski definition) is 1. The summed E-state index contributed by atoms with van der Waals surface area (Å²) >= 11 is -0.0777. The molecule has 1 saturated heterocycles. The zero-order valence-corrected chi connectivity index (χ0v) is 13.8. The number of piperidine rings is 1. The number of alkyl halides is 3. The fourth-order valence-electron chi connectivity index (χ4n) is 2.90. The lowest BCUT2D eigenvalue weighted by atomic mass is 9.85. The van der Waals surface area contributed by atoms with Crippen LogP contribution in [0.1, 0.15) is 24.8 Å². The number of halogens is 3. The highest BCUT2D eigenvalue weighted by Crippen LogP contribution is 2.37. The van der Waals surface area contributed by atoms with Crippen molar-refractivity contribution in [1.82, 2.24) is 10.2 Å². The zero-order valence-electron chi connectivity index (χ0n) is 13.0. The van der Waals surface area contributed by atoms with Crippen LogP contribution in [0.2, 0.25) is 0 Å². The molecule has 0 saturated carbocycles. The van der Waals surface area contributed by atoms with Gasteiger partial charge in [0.2, 0.25) is 0 Å². The number of rotatable bonds is 5. The minimum atomic E-state index is -4.26. The van der Waals surface area contributed by atoms with Gasteiger partial charge in [0.25, 0.3) is 0 Å². The van der Waals surface area contributed by atoms with Gasteiger partial charge in [-0.15, -0.1) is 0 Å². The average molecular weight is 343 g/mol. The van der Waals surface area contributed by atoms with Crippen LogP contribution in [0, 0.1) is 11.3 Å². The topological polar surface area (TPSA) is 39.1 Å². The van der Waals surface area contributed by atoms with Gasteiger partial charge >= 0.3 is 5.51 Å². The van der Waals surface area contributed by atoms with Crippen LogP contribution < -0.4 is 5.32 Å². The van der Waals surface area contributed by atoms with Crippen LogP contribution in [0.25, 0.3) is 0 Å². The average Bonchev–Trinajstić information content (AvgIpc) is 2.48. The van der Waals surface area contributed by atoms with E-state index in [2.05, 4.69) is 16.3 Å². The number of thioether (sulfide) groups is 1. The number of likely N-dealkylation sites (tertiary alicyclic amines) is 1. The van der Waals surface area contributed by atoms with Gasteiger partial charge in [0.15, 0.2) is 0 Å². The third-order valence-electron chi connectivity index (χ3n) is 4.30. The molecule has 0 spiro atoms. The van der Waals surface area contributed by atoms with Gasteiger partial charge in [-0.2, -0.15) is 18.4 Å². The number of benzene rings is 1. The van der Waals surface area contributed by atoms with Crippen LogP contribution in [-0.2, 0) is 6.54 Å². The SMILES string of the molecule is CNC1(CC#N)CCN(Cc2cccc(SC(F)(F)F)c2)CC1. The second-order valence-corrected chi connectivity index (χ2v) is 6.98. The van der Waals surface area contributed by atoms with E-state index >= 15 is 0 Å². The summed E-state index contributed by atoms with van der Waals surface area (Å²) in [7, 11) is 1.88. The van der Waals surface area contributed by atoms with E-state index in [0.29, 0.717) is 13.0 Å². The minimum Gasteiger partial charge on any atom is -0.313 e. The maximum atomic E-state index is 12.4. The molecule has 1 aliphatic rings. The number of nitriles is 1. The maximum Gasteiger partial charge on any atom is 0.446 e. The molecule has 1 aromatic carbocycles. The molecule has 3 nitrogen and oxygen atoms in total. The van der Waals surface area contributed by atoms with E-state index in [1.807, 2.05) is 13.1 Å². The molecule has 7 heteroatoms. The van der Waals surface area contributed by atoms with Gasteiger partial charge in [-0.25, -0.2) is 0 Å². The van der Waals surface area contributed by atoms with Gasteiger partial charge in [-0.05, 0) is 49.3 Å². The highest BCUT2D eigenvalue weighted by molar-refractivity contribution is 8.00. The van der Waals surface area contributed by atoms with Crippen molar-refractivity contribution in [2.75, 3.05) is 20.1 Å². The van der Waals surface area contributed by atoms with Crippen LogP contribution in [0.4, 0.5) is 13.2 Å². The molecular weight excluding hydrogens is 323 g/mol. The molecule has 0 bridgehead atoms. The van der Waals surface area contributed by atoms with E-state index in [-0.39, 0.29) is 22.2 Å². The lowest BCUT2D eigenvalue weighted by molar-refractivity contribution is -0.0328. The van der Waals surface area contributed by atoms with Gasteiger partial charge in [0.05, 0.1) is 12.5 Å². The molecule has 1 heterocycles. The quantitative estimate of drug-likeness (QED) is 0.826. The monoisotopic (exact) mass is 343 g/mol. The van der Waals surface area contributed by atoms with E-state index < -0.39 is 5.51 Å². The summed E-state index contributed by atoms with van der Waals surface area (Å²) in [6.07, 6.45) is 2.22. The molecule has 23 heavy (non-hydrogen) atoms. The van der Waals surface area contributed by atoms with E-state index in [0.717, 1.165) is 31.5 Å². The standard InChI is InChI=1S/C16H20F3N3S/c1-21-15(5-8-20)6-9-22(10-7-15)12-13-3-2-4-14(11-13)23-16(17,18)19/h2-4,11,21H,5-7,9-10,12H2,1H3. The smallest absolute Gasteiger partial charge is 0.313 e. The van der Waals surface area contributed by atoms with Gasteiger partial charge in [0.1, 0.15) is 0 Å².